The molecule has 0 radical (unpaired) electrons. The van der Waals surface area contributed by atoms with Crippen LogP contribution in [0.25, 0.3) is 11.3 Å². The molecule has 30 heavy (non-hydrogen) atoms. The van der Waals surface area contributed by atoms with E-state index in [1.165, 1.54) is 17.0 Å². The van der Waals surface area contributed by atoms with Gasteiger partial charge in [0.2, 0.25) is 0 Å². The second-order valence-electron chi connectivity index (χ2n) is 6.80. The second kappa shape index (κ2) is 8.13. The third kappa shape index (κ3) is 3.75. The summed E-state index contributed by atoms with van der Waals surface area (Å²) in [6.07, 6.45) is 3.32. The van der Waals surface area contributed by atoms with E-state index in [0.717, 1.165) is 11.6 Å². The van der Waals surface area contributed by atoms with Crippen LogP contribution in [0.1, 0.15) is 26.4 Å². The fraction of sp³-hybridized carbons (Fsp3) is 0.190. The highest BCUT2D eigenvalue weighted by Gasteiger charge is 2.27. The van der Waals surface area contributed by atoms with Crippen LogP contribution in [-0.2, 0) is 0 Å². The molecule has 0 atom stereocenters. The van der Waals surface area contributed by atoms with Gasteiger partial charge in [0.1, 0.15) is 11.5 Å². The average molecular weight is 404 g/mol. The summed E-state index contributed by atoms with van der Waals surface area (Å²) in [6, 6.07) is 10.9. The molecule has 0 bridgehead atoms. The number of hydrogen-bond donors (Lipinski definition) is 1. The molecule has 0 spiro atoms. The van der Waals surface area contributed by atoms with Crippen LogP contribution >= 0.6 is 0 Å². The fourth-order valence-corrected chi connectivity index (χ4v) is 3.30. The van der Waals surface area contributed by atoms with Gasteiger partial charge in [0.15, 0.2) is 0 Å². The van der Waals surface area contributed by atoms with Gasteiger partial charge in [-0.05, 0) is 36.4 Å². The van der Waals surface area contributed by atoms with E-state index < -0.39 is 11.7 Å². The van der Waals surface area contributed by atoms with Crippen LogP contribution in [0.5, 0.6) is 0 Å². The molecular formula is C21H17FN6O2. The SMILES string of the molecule is N#Cc1ccc(C(=O)N2CCN(C(=O)c3cc(-c4cccnc4)n[nH]3)CC2)c(F)c1. The van der Waals surface area contributed by atoms with Crippen molar-refractivity contribution in [2.24, 2.45) is 0 Å². The van der Waals surface area contributed by atoms with Gasteiger partial charge in [0, 0.05) is 44.1 Å². The number of aromatic amines is 1. The number of halogens is 1. The Morgan fingerprint density at radius 1 is 1.07 bits per heavy atom. The quantitative estimate of drug-likeness (QED) is 0.719. The number of benzene rings is 1. The molecule has 9 heteroatoms. The predicted molar refractivity (Wildman–Crippen MR) is 105 cm³/mol. The van der Waals surface area contributed by atoms with E-state index in [2.05, 4.69) is 15.2 Å². The molecule has 4 rings (SSSR count). The molecule has 1 fully saturated rings. The Bertz CT molecular complexity index is 1130. The van der Waals surface area contributed by atoms with Gasteiger partial charge in [-0.25, -0.2) is 4.39 Å². The van der Waals surface area contributed by atoms with E-state index in [-0.39, 0.29) is 30.1 Å². The van der Waals surface area contributed by atoms with Gasteiger partial charge >= 0.3 is 0 Å². The Morgan fingerprint density at radius 2 is 1.80 bits per heavy atom. The van der Waals surface area contributed by atoms with E-state index >= 15 is 0 Å². The maximum atomic E-state index is 14.1. The molecule has 0 saturated carbocycles. The van der Waals surface area contributed by atoms with Gasteiger partial charge in [-0.2, -0.15) is 10.4 Å². The minimum Gasteiger partial charge on any atom is -0.335 e. The molecule has 3 aromatic rings. The highest BCUT2D eigenvalue weighted by Crippen LogP contribution is 2.18. The zero-order valence-electron chi connectivity index (χ0n) is 15.9. The molecule has 1 N–H and O–H groups in total. The molecule has 0 unspecified atom stereocenters. The Balaban J connectivity index is 1.40. The van der Waals surface area contributed by atoms with Gasteiger partial charge in [0.05, 0.1) is 22.9 Å². The average Bonchev–Trinajstić information content (AvgIpc) is 3.29. The number of hydrogen-bond acceptors (Lipinski definition) is 5. The van der Waals surface area contributed by atoms with Crippen LogP contribution in [-0.4, -0.2) is 63.0 Å². The number of carbonyl (C=O) groups is 2. The van der Waals surface area contributed by atoms with Gasteiger partial charge < -0.3 is 9.80 Å². The highest BCUT2D eigenvalue weighted by atomic mass is 19.1. The largest absolute Gasteiger partial charge is 0.335 e. The summed E-state index contributed by atoms with van der Waals surface area (Å²) in [6.45, 7) is 1.22. The first-order valence-electron chi connectivity index (χ1n) is 9.31. The Morgan fingerprint density at radius 3 is 2.43 bits per heavy atom. The summed E-state index contributed by atoms with van der Waals surface area (Å²) in [5.74, 6) is -1.39. The minimum absolute atomic E-state index is 0.0801. The van der Waals surface area contributed by atoms with Crippen LogP contribution in [0.2, 0.25) is 0 Å². The maximum Gasteiger partial charge on any atom is 0.272 e. The minimum atomic E-state index is -0.724. The number of nitrogens with zero attached hydrogens (tertiary/aromatic N) is 5. The molecular weight excluding hydrogens is 387 g/mol. The first-order valence-corrected chi connectivity index (χ1v) is 9.31. The van der Waals surface area contributed by atoms with Crippen molar-refractivity contribution in [2.75, 3.05) is 26.2 Å². The van der Waals surface area contributed by atoms with Crippen molar-refractivity contribution in [2.45, 2.75) is 0 Å². The lowest BCUT2D eigenvalue weighted by molar-refractivity contribution is 0.0529. The van der Waals surface area contributed by atoms with Gasteiger partial charge in [-0.3, -0.25) is 19.7 Å². The van der Waals surface area contributed by atoms with Crippen LogP contribution in [0, 0.1) is 17.1 Å². The molecule has 2 amide bonds. The zero-order valence-corrected chi connectivity index (χ0v) is 15.9. The summed E-state index contributed by atoms with van der Waals surface area (Å²) < 4.78 is 14.1. The molecule has 1 saturated heterocycles. The number of amides is 2. The zero-order chi connectivity index (χ0) is 21.1. The third-order valence-corrected chi connectivity index (χ3v) is 4.95. The summed E-state index contributed by atoms with van der Waals surface area (Å²) in [5.41, 5.74) is 1.85. The number of H-pyrrole nitrogens is 1. The number of carbonyl (C=O) groups excluding carboxylic acids is 2. The van der Waals surface area contributed by atoms with Gasteiger partial charge in [-0.1, -0.05) is 0 Å². The Labute approximate surface area is 171 Å². The van der Waals surface area contributed by atoms with Crippen LogP contribution in [0.4, 0.5) is 4.39 Å². The normalized spacial score (nSPS) is 13.7. The van der Waals surface area contributed by atoms with Gasteiger partial charge in [0.25, 0.3) is 11.8 Å². The molecule has 1 aromatic carbocycles. The monoisotopic (exact) mass is 404 g/mol. The number of pyridine rings is 1. The fourth-order valence-electron chi connectivity index (χ4n) is 3.30. The van der Waals surface area contributed by atoms with E-state index in [4.69, 9.17) is 5.26 Å². The van der Waals surface area contributed by atoms with Crippen molar-refractivity contribution in [1.29, 1.82) is 5.26 Å². The summed E-state index contributed by atoms with van der Waals surface area (Å²) >= 11 is 0. The number of rotatable bonds is 3. The van der Waals surface area contributed by atoms with E-state index in [1.54, 1.807) is 29.4 Å². The smallest absolute Gasteiger partial charge is 0.272 e. The molecule has 2 aromatic heterocycles. The van der Waals surface area contributed by atoms with Gasteiger partial charge in [-0.15, -0.1) is 0 Å². The van der Waals surface area contributed by atoms with Crippen molar-refractivity contribution >= 4 is 11.8 Å². The molecule has 1 aliphatic rings. The van der Waals surface area contributed by atoms with Crippen LogP contribution in [0.3, 0.4) is 0 Å². The molecule has 0 aliphatic carbocycles. The molecule has 150 valence electrons. The molecule has 8 nitrogen and oxygen atoms in total. The first kappa shape index (κ1) is 19.3. The van der Waals surface area contributed by atoms with Crippen molar-refractivity contribution < 1.29 is 14.0 Å². The Hall–Kier alpha value is -4.06. The van der Waals surface area contributed by atoms with Crippen molar-refractivity contribution in [3.05, 3.63) is 71.4 Å². The maximum absolute atomic E-state index is 14.1. The summed E-state index contributed by atoms with van der Waals surface area (Å²) in [5, 5.41) is 15.7. The first-order chi connectivity index (χ1) is 14.6. The highest BCUT2D eigenvalue weighted by molar-refractivity contribution is 5.96. The number of nitriles is 1. The standard InChI is InChI=1S/C21H17FN6O2/c22-17-10-14(12-23)3-4-16(17)20(29)27-6-8-28(9-7-27)21(30)19-11-18(25-26-19)15-2-1-5-24-13-15/h1-5,10-11,13H,6-9H2,(H,25,26). The molecule has 1 aliphatic heterocycles. The van der Waals surface area contributed by atoms with Crippen molar-refractivity contribution in [3.8, 4) is 17.3 Å². The third-order valence-electron chi connectivity index (χ3n) is 4.95. The van der Waals surface area contributed by atoms with E-state index in [9.17, 15) is 14.0 Å². The topological polar surface area (TPSA) is 106 Å². The predicted octanol–water partition coefficient (Wildman–Crippen LogP) is 2.08. The van der Waals surface area contributed by atoms with E-state index in [0.29, 0.717) is 24.5 Å². The summed E-state index contributed by atoms with van der Waals surface area (Å²) in [4.78, 5) is 32.5. The number of piperazine rings is 1. The Kier molecular flexibility index (Phi) is 5.22. The lowest BCUT2D eigenvalue weighted by Gasteiger charge is -2.34. The van der Waals surface area contributed by atoms with Crippen molar-refractivity contribution in [1.82, 2.24) is 25.0 Å². The lowest BCUT2D eigenvalue weighted by atomic mass is 10.1. The van der Waals surface area contributed by atoms with E-state index in [1.807, 2.05) is 12.1 Å². The number of nitrogens with one attached hydrogen (secondary N) is 1. The lowest BCUT2D eigenvalue weighted by Crippen LogP contribution is -2.50. The van der Waals surface area contributed by atoms with Crippen molar-refractivity contribution in [3.63, 3.8) is 0 Å². The summed E-state index contributed by atoms with van der Waals surface area (Å²) in [7, 11) is 0. The van der Waals surface area contributed by atoms with Crippen LogP contribution < -0.4 is 0 Å². The molecule has 3 heterocycles. The number of aromatic nitrogens is 3. The second-order valence-corrected chi connectivity index (χ2v) is 6.80. The van der Waals surface area contributed by atoms with Crippen LogP contribution in [0.15, 0.2) is 48.8 Å².